The van der Waals surface area contributed by atoms with Gasteiger partial charge in [-0.3, -0.25) is 0 Å². The fraction of sp³-hybridized carbons (Fsp3) is 0.625. The Kier molecular flexibility index (Phi) is 4.75. The standard InChI is InChI=1S/C16H22BrNOS/c17-14-8-12(16(11-18)6-2-1-3-7-16)4-5-15(14)20-13-9-19-10-13/h4-5,8,13H,1-3,6-7,9-11,18H2. The minimum atomic E-state index is 0.212. The second-order valence-corrected chi connectivity index (χ2v) is 8.16. The van der Waals surface area contributed by atoms with Crippen molar-refractivity contribution >= 4 is 27.7 Å². The van der Waals surface area contributed by atoms with E-state index >= 15 is 0 Å². The number of halogens is 1. The Bertz CT molecular complexity index is 470. The van der Waals surface area contributed by atoms with Gasteiger partial charge in [0.1, 0.15) is 0 Å². The fourth-order valence-electron chi connectivity index (χ4n) is 3.23. The van der Waals surface area contributed by atoms with Gasteiger partial charge in [0.05, 0.1) is 18.5 Å². The van der Waals surface area contributed by atoms with Gasteiger partial charge in [0.2, 0.25) is 0 Å². The topological polar surface area (TPSA) is 35.2 Å². The zero-order valence-electron chi connectivity index (χ0n) is 11.7. The molecule has 4 heteroatoms. The maximum absolute atomic E-state index is 6.13. The van der Waals surface area contributed by atoms with Crippen LogP contribution in [0.15, 0.2) is 27.6 Å². The number of rotatable bonds is 4. The van der Waals surface area contributed by atoms with Crippen LogP contribution in [0.2, 0.25) is 0 Å². The summed E-state index contributed by atoms with van der Waals surface area (Å²) < 4.78 is 6.46. The highest BCUT2D eigenvalue weighted by Gasteiger charge is 2.33. The molecule has 1 aliphatic heterocycles. The lowest BCUT2D eigenvalue weighted by molar-refractivity contribution is 0.0455. The van der Waals surface area contributed by atoms with E-state index in [0.717, 1.165) is 19.8 Å². The van der Waals surface area contributed by atoms with E-state index in [1.54, 1.807) is 0 Å². The van der Waals surface area contributed by atoms with Crippen molar-refractivity contribution in [1.29, 1.82) is 0 Å². The van der Waals surface area contributed by atoms with Gasteiger partial charge in [0, 0.05) is 21.3 Å². The molecule has 1 saturated carbocycles. The molecule has 2 nitrogen and oxygen atoms in total. The first-order valence-corrected chi connectivity index (χ1v) is 9.15. The summed E-state index contributed by atoms with van der Waals surface area (Å²) in [5.74, 6) is 0. The SMILES string of the molecule is NCC1(c2ccc(SC3COC3)c(Br)c2)CCCCC1. The Balaban J connectivity index is 1.80. The van der Waals surface area contributed by atoms with Crippen LogP contribution in [0.4, 0.5) is 0 Å². The Morgan fingerprint density at radius 2 is 2.00 bits per heavy atom. The highest BCUT2D eigenvalue weighted by Crippen LogP contribution is 2.42. The molecule has 20 heavy (non-hydrogen) atoms. The quantitative estimate of drug-likeness (QED) is 0.882. The fourth-order valence-corrected chi connectivity index (χ4v) is 4.89. The van der Waals surface area contributed by atoms with Gasteiger partial charge < -0.3 is 10.5 Å². The van der Waals surface area contributed by atoms with Crippen molar-refractivity contribution < 1.29 is 4.74 Å². The van der Waals surface area contributed by atoms with Crippen LogP contribution in [0.25, 0.3) is 0 Å². The number of benzene rings is 1. The number of hydrogen-bond donors (Lipinski definition) is 1. The highest BCUT2D eigenvalue weighted by atomic mass is 79.9. The van der Waals surface area contributed by atoms with Crippen molar-refractivity contribution in [2.24, 2.45) is 5.73 Å². The molecule has 0 atom stereocenters. The maximum Gasteiger partial charge on any atom is 0.0611 e. The third-order valence-corrected chi connectivity index (χ3v) is 6.78. The van der Waals surface area contributed by atoms with Gasteiger partial charge in [-0.2, -0.15) is 0 Å². The van der Waals surface area contributed by atoms with Crippen molar-refractivity contribution in [3.8, 4) is 0 Å². The lowest BCUT2D eigenvalue weighted by Crippen LogP contribution is -2.37. The lowest BCUT2D eigenvalue weighted by atomic mass is 9.69. The van der Waals surface area contributed by atoms with E-state index < -0.39 is 0 Å². The molecule has 0 unspecified atom stereocenters. The predicted octanol–water partition coefficient (Wildman–Crippen LogP) is 4.10. The van der Waals surface area contributed by atoms with Gasteiger partial charge in [0.15, 0.2) is 0 Å². The molecular formula is C16H22BrNOS. The third-order valence-electron chi connectivity index (χ3n) is 4.65. The summed E-state index contributed by atoms with van der Waals surface area (Å²) in [5, 5.41) is 0.621. The third kappa shape index (κ3) is 2.94. The molecule has 1 saturated heterocycles. The minimum absolute atomic E-state index is 0.212. The molecule has 110 valence electrons. The Morgan fingerprint density at radius 1 is 1.25 bits per heavy atom. The van der Waals surface area contributed by atoms with Gasteiger partial charge in [0.25, 0.3) is 0 Å². The monoisotopic (exact) mass is 355 g/mol. The van der Waals surface area contributed by atoms with Crippen LogP contribution in [-0.4, -0.2) is 25.0 Å². The largest absolute Gasteiger partial charge is 0.379 e. The van der Waals surface area contributed by atoms with E-state index in [1.807, 2.05) is 11.8 Å². The normalized spacial score (nSPS) is 22.5. The molecule has 3 rings (SSSR count). The number of nitrogens with two attached hydrogens (primary N) is 1. The molecule has 2 N–H and O–H groups in total. The average Bonchev–Trinajstić information content (AvgIpc) is 2.44. The molecule has 1 heterocycles. The molecule has 1 aromatic rings. The van der Waals surface area contributed by atoms with Crippen LogP contribution >= 0.6 is 27.7 Å². The van der Waals surface area contributed by atoms with E-state index in [-0.39, 0.29) is 5.41 Å². The van der Waals surface area contributed by atoms with Crippen LogP contribution in [0, 0.1) is 0 Å². The lowest BCUT2D eigenvalue weighted by Gasteiger charge is -2.37. The summed E-state index contributed by atoms with van der Waals surface area (Å²) in [7, 11) is 0. The van der Waals surface area contributed by atoms with E-state index in [4.69, 9.17) is 10.5 Å². The van der Waals surface area contributed by atoms with E-state index in [9.17, 15) is 0 Å². The van der Waals surface area contributed by atoms with Crippen LogP contribution in [0.3, 0.4) is 0 Å². The maximum atomic E-state index is 6.13. The van der Waals surface area contributed by atoms with Gasteiger partial charge in [-0.25, -0.2) is 0 Å². The van der Waals surface area contributed by atoms with Gasteiger partial charge in [-0.1, -0.05) is 25.3 Å². The second kappa shape index (κ2) is 6.39. The highest BCUT2D eigenvalue weighted by molar-refractivity contribution is 9.10. The molecule has 1 aliphatic carbocycles. The molecule has 0 aromatic heterocycles. The summed E-state index contributed by atoms with van der Waals surface area (Å²) >= 11 is 5.66. The van der Waals surface area contributed by atoms with Crippen LogP contribution in [0.5, 0.6) is 0 Å². The first-order chi connectivity index (χ1) is 9.73. The van der Waals surface area contributed by atoms with Crippen molar-refractivity contribution in [1.82, 2.24) is 0 Å². The molecule has 2 fully saturated rings. The molecule has 0 bridgehead atoms. The summed E-state index contributed by atoms with van der Waals surface area (Å²) in [5.41, 5.74) is 7.76. The first-order valence-electron chi connectivity index (χ1n) is 7.48. The molecule has 0 radical (unpaired) electrons. The summed E-state index contributed by atoms with van der Waals surface area (Å²) in [4.78, 5) is 1.32. The van der Waals surface area contributed by atoms with E-state index in [0.29, 0.717) is 5.25 Å². The van der Waals surface area contributed by atoms with Crippen molar-refractivity contribution in [2.75, 3.05) is 19.8 Å². The Labute approximate surface area is 134 Å². The van der Waals surface area contributed by atoms with Crippen molar-refractivity contribution in [3.05, 3.63) is 28.2 Å². The molecule has 1 aromatic carbocycles. The van der Waals surface area contributed by atoms with Crippen LogP contribution < -0.4 is 5.73 Å². The Hall–Kier alpha value is -0.0300. The summed E-state index contributed by atoms with van der Waals surface area (Å²) in [6.07, 6.45) is 6.45. The van der Waals surface area contributed by atoms with Gasteiger partial charge in [-0.05, 0) is 46.5 Å². The number of ether oxygens (including phenoxy) is 1. The zero-order valence-corrected chi connectivity index (χ0v) is 14.1. The van der Waals surface area contributed by atoms with E-state index in [1.165, 1.54) is 47.0 Å². The first kappa shape index (κ1) is 14.9. The van der Waals surface area contributed by atoms with E-state index in [2.05, 4.69) is 34.1 Å². The van der Waals surface area contributed by atoms with Crippen molar-refractivity contribution in [3.63, 3.8) is 0 Å². The zero-order chi connectivity index (χ0) is 14.0. The molecular weight excluding hydrogens is 334 g/mol. The van der Waals surface area contributed by atoms with Gasteiger partial charge >= 0.3 is 0 Å². The predicted molar refractivity (Wildman–Crippen MR) is 88.4 cm³/mol. The van der Waals surface area contributed by atoms with Gasteiger partial charge in [-0.15, -0.1) is 11.8 Å². The average molecular weight is 356 g/mol. The van der Waals surface area contributed by atoms with Crippen LogP contribution in [-0.2, 0) is 10.2 Å². The summed E-state index contributed by atoms with van der Waals surface area (Å²) in [6, 6.07) is 6.86. The summed E-state index contributed by atoms with van der Waals surface area (Å²) in [6.45, 7) is 2.53. The Morgan fingerprint density at radius 3 is 2.55 bits per heavy atom. The molecule has 0 spiro atoms. The minimum Gasteiger partial charge on any atom is -0.379 e. The number of hydrogen-bond acceptors (Lipinski definition) is 3. The van der Waals surface area contributed by atoms with Crippen molar-refractivity contribution in [2.45, 2.75) is 47.7 Å². The smallest absolute Gasteiger partial charge is 0.0611 e. The number of thioether (sulfide) groups is 1. The molecule has 0 amide bonds. The van der Waals surface area contributed by atoms with Crippen LogP contribution in [0.1, 0.15) is 37.7 Å². The second-order valence-electron chi connectivity index (χ2n) is 5.97. The molecule has 2 aliphatic rings.